The molecule has 0 bridgehead atoms. The molecule has 0 saturated carbocycles. The molecule has 7 rings (SSSR count). The van der Waals surface area contributed by atoms with Crippen LogP contribution in [0, 0.1) is 13.8 Å². The van der Waals surface area contributed by atoms with Crippen LogP contribution >= 0.6 is 24.8 Å². The standard InChI is InChI=1S/C13H9.C13H10.C11H11.2ClH.Zr/c1-3-7-12-10(5-1)9-11-6-2-4-8-13(11)12;1-3-7-12(8-4-1)11-13-9-5-2-6-10-13;1-8-6-10-4-3-5-11(10)7-9(8)2;;;/h1-9H;1-10H;3-7H,1-2H3;2*1H;. The number of allylic oxidation sites excluding steroid dienone is 1. The molecule has 5 aromatic rings. The molecule has 40 heavy (non-hydrogen) atoms. The van der Waals surface area contributed by atoms with E-state index in [0.717, 1.165) is 0 Å². The summed E-state index contributed by atoms with van der Waals surface area (Å²) in [5.41, 5.74) is 14.4. The predicted octanol–water partition coefficient (Wildman–Crippen LogP) is 9.87. The first-order valence-corrected chi connectivity index (χ1v) is 17.6. The van der Waals surface area contributed by atoms with Gasteiger partial charge in [0.05, 0.1) is 0 Å². The Kier molecular flexibility index (Phi) is 8.58. The Morgan fingerprint density at radius 3 is 1.57 bits per heavy atom. The van der Waals surface area contributed by atoms with E-state index in [-0.39, 0.29) is 24.8 Å². The Bertz CT molecular complexity index is 1650. The Balaban J connectivity index is 0.00000161. The molecule has 0 nitrogen and oxygen atoms in total. The molecule has 198 valence electrons. The molecule has 5 aromatic carbocycles. The predicted molar refractivity (Wildman–Crippen MR) is 172 cm³/mol. The Morgan fingerprint density at radius 2 is 1.02 bits per heavy atom. The van der Waals surface area contributed by atoms with Gasteiger partial charge in [-0.1, -0.05) is 0 Å². The topological polar surface area (TPSA) is 0 Å². The van der Waals surface area contributed by atoms with Crippen LogP contribution in [0.15, 0.2) is 127 Å². The summed E-state index contributed by atoms with van der Waals surface area (Å²) >= 11 is -2.68. The van der Waals surface area contributed by atoms with Crippen LogP contribution in [0.2, 0.25) is 0 Å². The normalized spacial score (nSPS) is 14.4. The van der Waals surface area contributed by atoms with Crippen molar-refractivity contribution in [1.82, 2.24) is 0 Å². The van der Waals surface area contributed by atoms with E-state index in [9.17, 15) is 0 Å². The van der Waals surface area contributed by atoms with E-state index in [0.29, 0.717) is 7.25 Å². The van der Waals surface area contributed by atoms with Gasteiger partial charge >= 0.3 is 235 Å². The van der Waals surface area contributed by atoms with Crippen molar-refractivity contribution >= 4 is 34.1 Å². The monoisotopic (exact) mass is 636 g/mol. The molecule has 1 unspecified atom stereocenters. The number of aryl methyl sites for hydroxylation is 2. The summed E-state index contributed by atoms with van der Waals surface area (Å²) in [5, 5.41) is 0. The molecule has 0 N–H and O–H groups in total. The molecule has 2 aliphatic rings. The molecule has 0 aliphatic heterocycles. The SMILES string of the molecule is Cc1cc2c(cc1C)[CH]([Zr](=[C](c1ccccc1)c1ccccc1)[CH]1c3ccccc3-c3ccccc31)C=C2.Cl.Cl. The van der Waals surface area contributed by atoms with Gasteiger partial charge in [-0.2, -0.15) is 0 Å². The van der Waals surface area contributed by atoms with Crippen LogP contribution in [0.3, 0.4) is 0 Å². The Hall–Kier alpha value is -2.83. The van der Waals surface area contributed by atoms with E-state index in [1.165, 1.54) is 55.6 Å². The molecular weight excluding hydrogens is 607 g/mol. The van der Waals surface area contributed by atoms with Crippen LogP contribution in [0.1, 0.15) is 51.8 Å². The van der Waals surface area contributed by atoms with Crippen molar-refractivity contribution in [3.05, 3.63) is 172 Å². The third-order valence-corrected chi connectivity index (χ3v) is 17.2. The molecule has 0 saturated heterocycles. The van der Waals surface area contributed by atoms with Gasteiger partial charge in [0, 0.05) is 0 Å². The Morgan fingerprint density at radius 1 is 0.550 bits per heavy atom. The minimum Gasteiger partial charge on any atom is -0.147 e. The van der Waals surface area contributed by atoms with Gasteiger partial charge < -0.3 is 0 Å². The van der Waals surface area contributed by atoms with E-state index in [4.69, 9.17) is 0 Å². The summed E-state index contributed by atoms with van der Waals surface area (Å²) in [4.78, 5) is 0. The fraction of sp³-hybridized carbons (Fsp3) is 0.108. The number of rotatable bonds is 4. The van der Waals surface area contributed by atoms with E-state index < -0.39 is 21.3 Å². The average Bonchev–Trinajstić information content (AvgIpc) is 3.51. The summed E-state index contributed by atoms with van der Waals surface area (Å²) in [6.07, 6.45) is 4.97. The number of halogens is 2. The molecule has 0 radical (unpaired) electrons. The summed E-state index contributed by atoms with van der Waals surface area (Å²) in [6, 6.07) is 45.8. The van der Waals surface area contributed by atoms with Crippen molar-refractivity contribution in [2.45, 2.75) is 21.1 Å². The van der Waals surface area contributed by atoms with Crippen molar-refractivity contribution < 1.29 is 21.3 Å². The molecule has 0 heterocycles. The van der Waals surface area contributed by atoms with Crippen molar-refractivity contribution in [3.8, 4) is 11.1 Å². The number of fused-ring (bicyclic) bond motifs is 4. The summed E-state index contributed by atoms with van der Waals surface area (Å²) in [6.45, 7) is 4.51. The Labute approximate surface area is 257 Å². The smallest absolute Gasteiger partial charge is 0.147 e. The third-order valence-electron chi connectivity index (χ3n) is 8.40. The van der Waals surface area contributed by atoms with Crippen molar-refractivity contribution in [2.24, 2.45) is 0 Å². The van der Waals surface area contributed by atoms with Gasteiger partial charge in [0.2, 0.25) is 0 Å². The van der Waals surface area contributed by atoms with Crippen LogP contribution in [0.25, 0.3) is 17.2 Å². The second-order valence-electron chi connectivity index (χ2n) is 10.6. The van der Waals surface area contributed by atoms with Gasteiger partial charge in [-0.05, 0) is 0 Å². The fourth-order valence-electron chi connectivity index (χ4n) is 6.53. The van der Waals surface area contributed by atoms with E-state index >= 15 is 0 Å². The van der Waals surface area contributed by atoms with Gasteiger partial charge in [-0.25, -0.2) is 0 Å². The molecule has 0 fully saturated rings. The van der Waals surface area contributed by atoms with Gasteiger partial charge in [0.1, 0.15) is 0 Å². The minimum absolute atomic E-state index is 0. The van der Waals surface area contributed by atoms with E-state index in [1.54, 1.807) is 3.21 Å². The fourth-order valence-corrected chi connectivity index (χ4v) is 16.4. The van der Waals surface area contributed by atoms with Gasteiger partial charge in [0.15, 0.2) is 0 Å². The zero-order chi connectivity index (χ0) is 25.6. The van der Waals surface area contributed by atoms with Crippen molar-refractivity contribution in [1.29, 1.82) is 0 Å². The molecule has 2 aliphatic carbocycles. The molecule has 3 heteroatoms. The van der Waals surface area contributed by atoms with Crippen LogP contribution in [-0.2, 0) is 21.3 Å². The van der Waals surface area contributed by atoms with E-state index in [2.05, 4.69) is 147 Å². The third kappa shape index (κ3) is 4.83. The zero-order valence-corrected chi connectivity index (χ0v) is 26.8. The van der Waals surface area contributed by atoms with Gasteiger partial charge in [-0.15, -0.1) is 24.8 Å². The molecule has 0 amide bonds. The number of hydrogen-bond acceptors (Lipinski definition) is 0. The van der Waals surface area contributed by atoms with Crippen molar-refractivity contribution in [3.63, 3.8) is 0 Å². The van der Waals surface area contributed by atoms with Gasteiger partial charge in [0.25, 0.3) is 0 Å². The van der Waals surface area contributed by atoms with Crippen LogP contribution in [0.4, 0.5) is 0 Å². The summed E-state index contributed by atoms with van der Waals surface area (Å²) < 4.78 is 2.53. The first-order chi connectivity index (χ1) is 18.7. The zero-order valence-electron chi connectivity index (χ0n) is 22.7. The average molecular weight is 639 g/mol. The molecule has 0 aromatic heterocycles. The maximum atomic E-state index is 2.56. The van der Waals surface area contributed by atoms with Gasteiger partial charge in [-0.3, -0.25) is 0 Å². The van der Waals surface area contributed by atoms with Crippen LogP contribution in [-0.4, -0.2) is 3.21 Å². The number of benzene rings is 5. The maximum absolute atomic E-state index is 2.68. The van der Waals surface area contributed by atoms with Crippen molar-refractivity contribution in [2.75, 3.05) is 0 Å². The largest absolute Gasteiger partial charge is 0.147 e. The molecule has 0 spiro atoms. The maximum Gasteiger partial charge on any atom is -0.147 e. The second-order valence-corrected chi connectivity index (χ2v) is 17.0. The minimum atomic E-state index is -2.68. The van der Waals surface area contributed by atoms with Crippen LogP contribution in [0.5, 0.6) is 0 Å². The van der Waals surface area contributed by atoms with Crippen LogP contribution < -0.4 is 0 Å². The first-order valence-electron chi connectivity index (χ1n) is 13.5. The first kappa shape index (κ1) is 28.7. The number of hydrogen-bond donors (Lipinski definition) is 0. The molecule has 1 atom stereocenters. The second kappa shape index (κ2) is 12.0. The summed E-state index contributed by atoms with van der Waals surface area (Å²) in [7, 11) is 0. The summed E-state index contributed by atoms with van der Waals surface area (Å²) in [5.74, 6) is 0. The quantitative estimate of drug-likeness (QED) is 0.184. The molecular formula is C37H32Cl2Zr. The van der Waals surface area contributed by atoms with E-state index in [1.807, 2.05) is 0 Å².